The molecule has 1 unspecified atom stereocenters. The number of carbonyl (C=O) groups excluding carboxylic acids is 2. The van der Waals surface area contributed by atoms with Crippen LogP contribution in [0.1, 0.15) is 27.9 Å². The molecule has 1 heterocycles. The molecule has 0 spiro atoms. The van der Waals surface area contributed by atoms with E-state index in [0.717, 1.165) is 21.7 Å². The van der Waals surface area contributed by atoms with Gasteiger partial charge in [0.15, 0.2) is 0 Å². The molecule has 0 aromatic heterocycles. The van der Waals surface area contributed by atoms with Crippen molar-refractivity contribution in [1.82, 2.24) is 0 Å². The van der Waals surface area contributed by atoms with Gasteiger partial charge in [0.2, 0.25) is 5.91 Å². The van der Waals surface area contributed by atoms with E-state index in [-0.39, 0.29) is 29.5 Å². The Morgan fingerprint density at radius 2 is 1.88 bits per heavy atom. The van der Waals surface area contributed by atoms with Crippen LogP contribution in [0, 0.1) is 13.8 Å². The average molecular weight is 338 g/mol. The smallest absolute Gasteiger partial charge is 0.335 e. The zero-order chi connectivity index (χ0) is 18.1. The van der Waals surface area contributed by atoms with Gasteiger partial charge in [-0.1, -0.05) is 12.1 Å². The maximum absolute atomic E-state index is 12.6. The first-order valence-electron chi connectivity index (χ1n) is 7.91. The van der Waals surface area contributed by atoms with Crippen molar-refractivity contribution in [2.45, 2.75) is 26.3 Å². The molecule has 1 fully saturated rings. The third-order valence-corrected chi connectivity index (χ3v) is 4.35. The van der Waals surface area contributed by atoms with Crippen molar-refractivity contribution in [1.29, 1.82) is 0 Å². The third-order valence-electron chi connectivity index (χ3n) is 4.35. The van der Waals surface area contributed by atoms with Gasteiger partial charge in [0.1, 0.15) is 6.04 Å². The number of nitrogens with one attached hydrogen (secondary N) is 1. The van der Waals surface area contributed by atoms with Gasteiger partial charge >= 0.3 is 5.97 Å². The Morgan fingerprint density at radius 3 is 2.56 bits per heavy atom. The largest absolute Gasteiger partial charge is 0.478 e. The zero-order valence-corrected chi connectivity index (χ0v) is 13.9. The van der Waals surface area contributed by atoms with E-state index in [2.05, 4.69) is 5.32 Å². The number of rotatable bonds is 4. The fraction of sp³-hybridized carbons (Fsp3) is 0.211. The van der Waals surface area contributed by atoms with Crippen LogP contribution in [0.4, 0.5) is 11.4 Å². The SMILES string of the molecule is Cc1ccc(NC2CC(=O)N(c3cccc(C(=O)O)c3)C2=O)cc1C. The van der Waals surface area contributed by atoms with Gasteiger partial charge in [-0.05, 0) is 55.3 Å². The maximum atomic E-state index is 12.6. The Hall–Kier alpha value is -3.15. The lowest BCUT2D eigenvalue weighted by atomic mass is 10.1. The maximum Gasteiger partial charge on any atom is 0.335 e. The molecule has 128 valence electrons. The summed E-state index contributed by atoms with van der Waals surface area (Å²) in [7, 11) is 0. The van der Waals surface area contributed by atoms with E-state index in [1.165, 1.54) is 18.2 Å². The van der Waals surface area contributed by atoms with Crippen LogP contribution in [0.5, 0.6) is 0 Å². The Labute approximate surface area is 145 Å². The van der Waals surface area contributed by atoms with Crippen LogP contribution < -0.4 is 10.2 Å². The predicted octanol–water partition coefficient (Wildman–Crippen LogP) is 2.75. The van der Waals surface area contributed by atoms with Crippen molar-refractivity contribution in [3.8, 4) is 0 Å². The molecule has 25 heavy (non-hydrogen) atoms. The van der Waals surface area contributed by atoms with Gasteiger partial charge in [-0.3, -0.25) is 9.59 Å². The second-order valence-corrected chi connectivity index (χ2v) is 6.12. The van der Waals surface area contributed by atoms with Crippen molar-refractivity contribution in [3.05, 3.63) is 59.2 Å². The summed E-state index contributed by atoms with van der Waals surface area (Å²) < 4.78 is 0. The van der Waals surface area contributed by atoms with Gasteiger partial charge in [-0.25, -0.2) is 9.69 Å². The Kier molecular flexibility index (Phi) is 4.27. The van der Waals surface area contributed by atoms with Gasteiger partial charge in [-0.2, -0.15) is 0 Å². The molecule has 6 heteroatoms. The molecule has 0 aliphatic carbocycles. The van der Waals surface area contributed by atoms with Gasteiger partial charge in [0.25, 0.3) is 5.91 Å². The molecular weight excluding hydrogens is 320 g/mol. The Balaban J connectivity index is 1.83. The van der Waals surface area contributed by atoms with Crippen molar-refractivity contribution in [3.63, 3.8) is 0 Å². The number of nitrogens with zero attached hydrogens (tertiary/aromatic N) is 1. The summed E-state index contributed by atoms with van der Waals surface area (Å²) in [4.78, 5) is 37.1. The molecule has 0 bridgehead atoms. The highest BCUT2D eigenvalue weighted by Gasteiger charge is 2.39. The fourth-order valence-corrected chi connectivity index (χ4v) is 2.83. The molecule has 2 N–H and O–H groups in total. The summed E-state index contributed by atoms with van der Waals surface area (Å²) in [6.07, 6.45) is 0.0308. The summed E-state index contributed by atoms with van der Waals surface area (Å²) in [6.45, 7) is 3.98. The number of aryl methyl sites for hydroxylation is 2. The van der Waals surface area contributed by atoms with E-state index in [1.807, 2.05) is 32.0 Å². The lowest BCUT2D eigenvalue weighted by molar-refractivity contribution is -0.121. The molecule has 2 amide bonds. The first kappa shape index (κ1) is 16.7. The van der Waals surface area contributed by atoms with E-state index >= 15 is 0 Å². The summed E-state index contributed by atoms with van der Waals surface area (Å²) in [5, 5.41) is 12.2. The molecule has 1 atom stereocenters. The topological polar surface area (TPSA) is 86.7 Å². The van der Waals surface area contributed by atoms with Crippen LogP contribution in [0.15, 0.2) is 42.5 Å². The molecular formula is C19H18N2O4. The predicted molar refractivity (Wildman–Crippen MR) is 93.8 cm³/mol. The van der Waals surface area contributed by atoms with Crippen LogP contribution >= 0.6 is 0 Å². The lowest BCUT2D eigenvalue weighted by Crippen LogP contribution is -2.34. The molecule has 2 aromatic carbocycles. The summed E-state index contributed by atoms with van der Waals surface area (Å²) in [6, 6.07) is 10.9. The number of hydrogen-bond donors (Lipinski definition) is 2. The Bertz CT molecular complexity index is 875. The fourth-order valence-electron chi connectivity index (χ4n) is 2.83. The van der Waals surface area contributed by atoms with Crippen molar-refractivity contribution in [2.24, 2.45) is 0 Å². The van der Waals surface area contributed by atoms with Crippen molar-refractivity contribution in [2.75, 3.05) is 10.2 Å². The number of aromatic carboxylic acids is 1. The molecule has 6 nitrogen and oxygen atoms in total. The van der Waals surface area contributed by atoms with Crippen LogP contribution in [0.25, 0.3) is 0 Å². The lowest BCUT2D eigenvalue weighted by Gasteiger charge is -2.17. The van der Waals surface area contributed by atoms with Gasteiger partial charge in [0, 0.05) is 5.69 Å². The average Bonchev–Trinajstić information content (AvgIpc) is 2.85. The minimum absolute atomic E-state index is 0.0308. The van der Waals surface area contributed by atoms with E-state index in [9.17, 15) is 14.4 Å². The summed E-state index contributed by atoms with van der Waals surface area (Å²) in [5.74, 6) is -1.84. The minimum atomic E-state index is -1.11. The van der Waals surface area contributed by atoms with Crippen molar-refractivity contribution < 1.29 is 19.5 Å². The molecule has 1 aliphatic rings. The number of anilines is 2. The molecule has 2 aromatic rings. The highest BCUT2D eigenvalue weighted by Crippen LogP contribution is 2.26. The molecule has 3 rings (SSSR count). The van der Waals surface area contributed by atoms with E-state index in [4.69, 9.17) is 5.11 Å². The van der Waals surface area contributed by atoms with Crippen LogP contribution in [-0.4, -0.2) is 28.9 Å². The summed E-state index contributed by atoms with van der Waals surface area (Å²) in [5.41, 5.74) is 3.32. The van der Waals surface area contributed by atoms with E-state index in [1.54, 1.807) is 6.07 Å². The summed E-state index contributed by atoms with van der Waals surface area (Å²) >= 11 is 0. The molecule has 1 aliphatic heterocycles. The molecule has 0 radical (unpaired) electrons. The minimum Gasteiger partial charge on any atom is -0.478 e. The number of carboxylic acid groups (broad SMARTS) is 1. The number of benzene rings is 2. The number of hydrogen-bond acceptors (Lipinski definition) is 4. The standard InChI is InChI=1S/C19H18N2O4/c1-11-6-7-14(8-12(11)2)20-16-10-17(22)21(18(16)23)15-5-3-4-13(9-15)19(24)25/h3-9,16,20H,10H2,1-2H3,(H,24,25). The van der Waals surface area contributed by atoms with Crippen LogP contribution in [0.2, 0.25) is 0 Å². The normalized spacial score (nSPS) is 17.0. The Morgan fingerprint density at radius 1 is 1.12 bits per heavy atom. The zero-order valence-electron chi connectivity index (χ0n) is 13.9. The quantitative estimate of drug-likeness (QED) is 0.837. The van der Waals surface area contributed by atoms with Crippen LogP contribution in [-0.2, 0) is 9.59 Å². The number of imide groups is 1. The van der Waals surface area contributed by atoms with E-state index in [0.29, 0.717) is 0 Å². The van der Waals surface area contributed by atoms with Gasteiger partial charge in [0.05, 0.1) is 17.7 Å². The number of carbonyl (C=O) groups is 3. The molecule has 1 saturated heterocycles. The first-order chi connectivity index (χ1) is 11.9. The second kappa shape index (κ2) is 6.39. The molecule has 0 saturated carbocycles. The van der Waals surface area contributed by atoms with Gasteiger partial charge in [-0.15, -0.1) is 0 Å². The highest BCUT2D eigenvalue weighted by atomic mass is 16.4. The third kappa shape index (κ3) is 3.24. The highest BCUT2D eigenvalue weighted by molar-refractivity contribution is 6.23. The number of amides is 2. The first-order valence-corrected chi connectivity index (χ1v) is 7.91. The van der Waals surface area contributed by atoms with Gasteiger partial charge < -0.3 is 10.4 Å². The second-order valence-electron chi connectivity index (χ2n) is 6.12. The monoisotopic (exact) mass is 338 g/mol. The number of carboxylic acids is 1. The van der Waals surface area contributed by atoms with Crippen molar-refractivity contribution >= 4 is 29.2 Å². The van der Waals surface area contributed by atoms with Crippen LogP contribution in [0.3, 0.4) is 0 Å². The van der Waals surface area contributed by atoms with E-state index < -0.39 is 12.0 Å².